The second-order valence-corrected chi connectivity index (χ2v) is 21.9. The summed E-state index contributed by atoms with van der Waals surface area (Å²) in [6, 6.07) is 9.20. The Morgan fingerprint density at radius 1 is 1.03 bits per heavy atom. The van der Waals surface area contributed by atoms with Crippen LogP contribution in [0.25, 0.3) is 11.3 Å². The molecule has 1 heterocycles. The van der Waals surface area contributed by atoms with E-state index in [9.17, 15) is 8.78 Å². The van der Waals surface area contributed by atoms with E-state index in [-0.39, 0.29) is 24.2 Å². The number of alkyl halides is 2. The summed E-state index contributed by atoms with van der Waals surface area (Å²) in [5, 5.41) is 0. The summed E-state index contributed by atoms with van der Waals surface area (Å²) >= 11 is -2.20. The Bertz CT molecular complexity index is 925. The summed E-state index contributed by atoms with van der Waals surface area (Å²) in [5.74, 6) is 5.02. The van der Waals surface area contributed by atoms with Crippen molar-refractivity contribution in [2.75, 3.05) is 0 Å². The van der Waals surface area contributed by atoms with Crippen molar-refractivity contribution in [3.63, 3.8) is 0 Å². The van der Waals surface area contributed by atoms with Gasteiger partial charge in [0.2, 0.25) is 0 Å². The third-order valence-corrected chi connectivity index (χ3v) is 10.9. The van der Waals surface area contributed by atoms with Crippen molar-refractivity contribution < 1.29 is 13.3 Å². The predicted molar refractivity (Wildman–Crippen MR) is 126 cm³/mol. The molecular weight excluding hydrogens is 437 g/mol. The van der Waals surface area contributed by atoms with Crippen LogP contribution in [0.2, 0.25) is 17.3 Å². The SMILES string of the molecule is Cc1cc(C(C)(C)C)ccc1-c1c[c]([Ge]([CH3])([CH3])[CH3])c(C2CCC(F)(F)CC2)c[n+]1C. The molecule has 0 N–H and O–H groups in total. The van der Waals surface area contributed by atoms with Gasteiger partial charge < -0.3 is 0 Å². The van der Waals surface area contributed by atoms with Crippen LogP contribution in [-0.4, -0.2) is 19.2 Å². The third kappa shape index (κ3) is 4.98. The number of benzene rings is 1. The molecule has 1 aliphatic carbocycles. The Kier molecular flexibility index (Phi) is 6.28. The van der Waals surface area contributed by atoms with E-state index < -0.39 is 19.2 Å². The fraction of sp³-hybridized carbons (Fsp3) is 0.577. The van der Waals surface area contributed by atoms with Crippen LogP contribution in [0.15, 0.2) is 30.5 Å². The van der Waals surface area contributed by atoms with Gasteiger partial charge in [0, 0.05) is 0 Å². The number of hydrogen-bond donors (Lipinski definition) is 0. The molecule has 3 rings (SSSR count). The molecule has 1 aliphatic rings. The van der Waals surface area contributed by atoms with Crippen molar-refractivity contribution >= 4 is 17.7 Å². The molecule has 0 aliphatic heterocycles. The fourth-order valence-corrected chi connectivity index (χ4v) is 8.26. The van der Waals surface area contributed by atoms with Crippen molar-refractivity contribution in [2.24, 2.45) is 7.05 Å². The number of nitrogens with zero attached hydrogens (tertiary/aromatic N) is 1. The van der Waals surface area contributed by atoms with Gasteiger partial charge in [0.1, 0.15) is 0 Å². The van der Waals surface area contributed by atoms with E-state index in [4.69, 9.17) is 0 Å². The molecule has 0 bridgehead atoms. The summed E-state index contributed by atoms with van der Waals surface area (Å²) < 4.78 is 31.2. The first-order valence-electron chi connectivity index (χ1n) is 11.2. The van der Waals surface area contributed by atoms with Crippen LogP contribution in [0.5, 0.6) is 0 Å². The molecule has 1 aromatic heterocycles. The van der Waals surface area contributed by atoms with Crippen LogP contribution in [0.4, 0.5) is 8.78 Å². The molecule has 0 amide bonds. The van der Waals surface area contributed by atoms with Crippen molar-refractivity contribution in [1.29, 1.82) is 0 Å². The molecule has 2 aromatic rings. The minimum absolute atomic E-state index is 0.0209. The van der Waals surface area contributed by atoms with Gasteiger partial charge in [-0.1, -0.05) is 0 Å². The quantitative estimate of drug-likeness (QED) is 0.347. The summed E-state index contributed by atoms with van der Waals surface area (Å²) in [4.78, 5) is 0. The van der Waals surface area contributed by atoms with Crippen molar-refractivity contribution in [1.82, 2.24) is 0 Å². The summed E-state index contributed by atoms with van der Waals surface area (Å²) in [6.45, 7) is 8.93. The van der Waals surface area contributed by atoms with Gasteiger partial charge in [-0.2, -0.15) is 0 Å². The zero-order valence-corrected chi connectivity index (χ0v) is 22.1. The van der Waals surface area contributed by atoms with E-state index in [1.165, 1.54) is 32.3 Å². The monoisotopic (exact) mass is 476 g/mol. The maximum atomic E-state index is 13.8. The van der Waals surface area contributed by atoms with E-state index in [2.05, 4.69) is 87.0 Å². The summed E-state index contributed by atoms with van der Waals surface area (Å²) in [6.07, 6.45) is 3.49. The number of pyridine rings is 1. The second-order valence-electron chi connectivity index (χ2n) is 11.3. The third-order valence-electron chi connectivity index (χ3n) is 6.64. The summed E-state index contributed by atoms with van der Waals surface area (Å²) in [7, 11) is 2.10. The van der Waals surface area contributed by atoms with Gasteiger partial charge in [0.15, 0.2) is 0 Å². The van der Waals surface area contributed by atoms with E-state index in [0.29, 0.717) is 12.8 Å². The van der Waals surface area contributed by atoms with E-state index in [0.717, 1.165) is 0 Å². The van der Waals surface area contributed by atoms with Crippen LogP contribution in [-0.2, 0) is 12.5 Å². The number of halogens is 2. The number of rotatable bonds is 3. The number of hydrogen-bond acceptors (Lipinski definition) is 0. The van der Waals surface area contributed by atoms with Gasteiger partial charge in [-0.15, -0.1) is 0 Å². The molecule has 4 heteroatoms. The molecule has 0 unspecified atom stereocenters. The first-order chi connectivity index (χ1) is 13.7. The molecule has 0 spiro atoms. The molecule has 1 saturated carbocycles. The van der Waals surface area contributed by atoms with Crippen LogP contribution in [0.3, 0.4) is 0 Å². The Labute approximate surface area is 184 Å². The number of aryl methyl sites for hydroxylation is 2. The molecule has 1 nitrogen and oxygen atoms in total. The van der Waals surface area contributed by atoms with Gasteiger partial charge in [0.25, 0.3) is 0 Å². The van der Waals surface area contributed by atoms with E-state index >= 15 is 0 Å². The van der Waals surface area contributed by atoms with E-state index in [1.54, 1.807) is 0 Å². The van der Waals surface area contributed by atoms with Gasteiger partial charge in [0.05, 0.1) is 0 Å². The molecule has 0 radical (unpaired) electrons. The van der Waals surface area contributed by atoms with Crippen LogP contribution in [0.1, 0.15) is 69.1 Å². The normalized spacial score (nSPS) is 17.9. The predicted octanol–water partition coefficient (Wildman–Crippen LogP) is 6.62. The van der Waals surface area contributed by atoms with Gasteiger partial charge in [-0.05, 0) is 0 Å². The first-order valence-corrected chi connectivity index (χ1v) is 18.6. The Hall–Kier alpha value is -1.23. The topological polar surface area (TPSA) is 3.88 Å². The first kappa shape index (κ1) is 23.4. The van der Waals surface area contributed by atoms with Crippen molar-refractivity contribution in [2.45, 2.75) is 87.9 Å². The zero-order chi connectivity index (χ0) is 22.5. The van der Waals surface area contributed by atoms with Crippen LogP contribution >= 0.6 is 0 Å². The fourth-order valence-electron chi connectivity index (χ4n) is 4.68. The molecule has 0 atom stereocenters. The minimum atomic E-state index is -2.48. The molecule has 1 fully saturated rings. The Morgan fingerprint density at radius 3 is 2.13 bits per heavy atom. The standard InChI is InChI=1S/C26H38F2GeN/c1-18-15-20(25(2,3)4)9-10-21(18)24-16-23(29(5,6)7)22(17-30(24)8)19-11-13-26(27,28)14-12-19/h9-10,15-17,19H,11-14H2,1-8H3/q+1. The summed E-state index contributed by atoms with van der Waals surface area (Å²) in [5.41, 5.74) is 6.58. The molecule has 0 saturated heterocycles. The van der Waals surface area contributed by atoms with E-state index in [1.807, 2.05) is 0 Å². The molecule has 164 valence electrons. The average molecular weight is 475 g/mol. The molecule has 1 aromatic carbocycles. The zero-order valence-electron chi connectivity index (χ0n) is 20.0. The Morgan fingerprint density at radius 2 is 1.63 bits per heavy atom. The van der Waals surface area contributed by atoms with Crippen molar-refractivity contribution in [3.8, 4) is 11.3 Å². The van der Waals surface area contributed by atoms with Gasteiger partial charge in [-0.25, -0.2) is 0 Å². The van der Waals surface area contributed by atoms with Gasteiger partial charge in [-0.3, -0.25) is 0 Å². The van der Waals surface area contributed by atoms with Crippen molar-refractivity contribution in [3.05, 3.63) is 47.2 Å². The van der Waals surface area contributed by atoms with Gasteiger partial charge >= 0.3 is 184 Å². The molecule has 30 heavy (non-hydrogen) atoms. The Balaban J connectivity index is 2.08. The van der Waals surface area contributed by atoms with Crippen LogP contribution in [0, 0.1) is 6.92 Å². The number of aromatic nitrogens is 1. The second kappa shape index (κ2) is 8.04. The molecular formula is C26H38F2GeN+. The average Bonchev–Trinajstić information content (AvgIpc) is 2.60. The van der Waals surface area contributed by atoms with Crippen LogP contribution < -0.4 is 8.96 Å². The maximum absolute atomic E-state index is 13.8.